The fourth-order valence-corrected chi connectivity index (χ4v) is 3.89. The van der Waals surface area contributed by atoms with Crippen LogP contribution in [0.5, 0.6) is 5.75 Å². The average molecular weight is 374 g/mol. The summed E-state index contributed by atoms with van der Waals surface area (Å²) in [4.78, 5) is 27.2. The van der Waals surface area contributed by atoms with Crippen LogP contribution < -0.4 is 10.1 Å². The first-order valence-corrected chi connectivity index (χ1v) is 9.41. The van der Waals surface area contributed by atoms with Crippen molar-refractivity contribution in [2.24, 2.45) is 0 Å². The van der Waals surface area contributed by atoms with Gasteiger partial charge in [-0.25, -0.2) is 0 Å². The molecule has 4 rings (SSSR count). The Morgan fingerprint density at radius 2 is 1.82 bits per heavy atom. The summed E-state index contributed by atoms with van der Waals surface area (Å²) in [6.45, 7) is 0.582. The maximum Gasteiger partial charge on any atom is 0.313 e. The Labute approximate surface area is 163 Å². The molecule has 0 bridgehead atoms. The molecule has 28 heavy (non-hydrogen) atoms. The lowest BCUT2D eigenvalue weighted by atomic mass is 9.97. The lowest BCUT2D eigenvalue weighted by molar-refractivity contribution is -0.143. The van der Waals surface area contributed by atoms with Crippen molar-refractivity contribution in [2.75, 3.05) is 19.0 Å². The van der Waals surface area contributed by atoms with Gasteiger partial charge in [-0.1, -0.05) is 48.5 Å². The normalized spacial score (nSPS) is 16.2. The van der Waals surface area contributed by atoms with Crippen LogP contribution in [0.25, 0.3) is 10.8 Å². The van der Waals surface area contributed by atoms with Crippen LogP contribution in [0.3, 0.4) is 0 Å². The van der Waals surface area contributed by atoms with Gasteiger partial charge in [0.2, 0.25) is 0 Å². The van der Waals surface area contributed by atoms with Gasteiger partial charge in [0.1, 0.15) is 5.75 Å². The number of hydrogen-bond acceptors (Lipinski definition) is 3. The molecule has 1 N–H and O–H groups in total. The number of amides is 2. The standard InChI is InChI=1S/C23H22N2O3/c1-28-18-10-5-9-17(15-18)24-22(26)23(27)25-14-6-13-21(25)20-12-4-8-16-7-2-3-11-19(16)20/h2-5,7-12,15,21H,6,13-14H2,1H3,(H,24,26)/t21-/m1/s1. The topological polar surface area (TPSA) is 58.6 Å². The Bertz CT molecular complexity index is 1030. The number of nitrogens with zero attached hydrogens (tertiary/aromatic N) is 1. The van der Waals surface area contributed by atoms with Crippen LogP contribution in [0.4, 0.5) is 5.69 Å². The summed E-state index contributed by atoms with van der Waals surface area (Å²) in [7, 11) is 1.56. The summed E-state index contributed by atoms with van der Waals surface area (Å²) in [5, 5.41) is 4.96. The first kappa shape index (κ1) is 18.0. The van der Waals surface area contributed by atoms with Gasteiger partial charge in [0.15, 0.2) is 0 Å². The summed E-state index contributed by atoms with van der Waals surface area (Å²) >= 11 is 0. The molecule has 1 saturated heterocycles. The van der Waals surface area contributed by atoms with Crippen LogP contribution in [0, 0.1) is 0 Å². The fraction of sp³-hybridized carbons (Fsp3) is 0.217. The molecule has 0 aliphatic carbocycles. The Kier molecular flexibility index (Phi) is 4.98. The molecule has 1 atom stereocenters. The third kappa shape index (κ3) is 3.43. The van der Waals surface area contributed by atoms with Crippen molar-refractivity contribution >= 4 is 28.3 Å². The Balaban J connectivity index is 1.57. The van der Waals surface area contributed by atoms with E-state index in [4.69, 9.17) is 4.74 Å². The van der Waals surface area contributed by atoms with E-state index in [1.54, 1.807) is 36.3 Å². The summed E-state index contributed by atoms with van der Waals surface area (Å²) < 4.78 is 5.17. The van der Waals surface area contributed by atoms with Crippen LogP contribution in [-0.4, -0.2) is 30.4 Å². The molecule has 5 heteroatoms. The predicted molar refractivity (Wildman–Crippen MR) is 109 cm³/mol. The molecule has 0 spiro atoms. The van der Waals surface area contributed by atoms with E-state index in [1.807, 2.05) is 18.2 Å². The average Bonchev–Trinajstić information content (AvgIpc) is 3.22. The largest absolute Gasteiger partial charge is 0.497 e. The minimum atomic E-state index is -0.625. The molecule has 3 aromatic rings. The quantitative estimate of drug-likeness (QED) is 0.701. The van der Waals surface area contributed by atoms with E-state index in [2.05, 4.69) is 29.6 Å². The number of benzene rings is 3. The van der Waals surface area contributed by atoms with Gasteiger partial charge in [-0.05, 0) is 41.3 Å². The van der Waals surface area contributed by atoms with Crippen molar-refractivity contribution in [3.8, 4) is 5.75 Å². The van der Waals surface area contributed by atoms with Crippen LogP contribution in [0.2, 0.25) is 0 Å². The number of carbonyl (C=O) groups is 2. The zero-order chi connectivity index (χ0) is 19.5. The van der Waals surface area contributed by atoms with E-state index in [1.165, 1.54) is 0 Å². The SMILES string of the molecule is COc1cccc(NC(=O)C(=O)N2CCC[C@@H]2c2cccc3ccccc23)c1. The van der Waals surface area contributed by atoms with Crippen molar-refractivity contribution in [3.05, 3.63) is 72.3 Å². The second kappa shape index (κ2) is 7.72. The molecule has 3 aromatic carbocycles. The molecule has 0 radical (unpaired) electrons. The van der Waals surface area contributed by atoms with Gasteiger partial charge in [-0.3, -0.25) is 9.59 Å². The number of fused-ring (bicyclic) bond motifs is 1. The summed E-state index contributed by atoms with van der Waals surface area (Å²) in [5.41, 5.74) is 1.64. The van der Waals surface area contributed by atoms with Crippen molar-refractivity contribution < 1.29 is 14.3 Å². The minimum absolute atomic E-state index is 0.0883. The molecular formula is C23H22N2O3. The highest BCUT2D eigenvalue weighted by Crippen LogP contribution is 2.36. The number of methoxy groups -OCH3 is 1. The number of likely N-dealkylation sites (tertiary alicyclic amines) is 1. The molecule has 0 aromatic heterocycles. The molecule has 1 fully saturated rings. The third-order valence-corrected chi connectivity index (χ3v) is 5.22. The van der Waals surface area contributed by atoms with E-state index in [-0.39, 0.29) is 6.04 Å². The van der Waals surface area contributed by atoms with E-state index in [9.17, 15) is 9.59 Å². The van der Waals surface area contributed by atoms with Crippen LogP contribution in [0.1, 0.15) is 24.4 Å². The van der Waals surface area contributed by atoms with Gasteiger partial charge in [0.25, 0.3) is 0 Å². The summed E-state index contributed by atoms with van der Waals surface area (Å²) in [6.07, 6.45) is 1.73. The predicted octanol–water partition coefficient (Wildman–Crippen LogP) is 4.15. The van der Waals surface area contributed by atoms with Crippen molar-refractivity contribution in [2.45, 2.75) is 18.9 Å². The highest BCUT2D eigenvalue weighted by molar-refractivity contribution is 6.39. The number of hydrogen-bond donors (Lipinski definition) is 1. The number of anilines is 1. The first-order valence-electron chi connectivity index (χ1n) is 9.41. The second-order valence-corrected chi connectivity index (χ2v) is 6.91. The highest BCUT2D eigenvalue weighted by Gasteiger charge is 2.34. The lowest BCUT2D eigenvalue weighted by Gasteiger charge is -2.25. The number of carbonyl (C=O) groups excluding carboxylic acids is 2. The van der Waals surface area contributed by atoms with Crippen LogP contribution in [0.15, 0.2) is 66.7 Å². The number of ether oxygens (including phenoxy) is 1. The van der Waals surface area contributed by atoms with Crippen molar-refractivity contribution in [1.82, 2.24) is 4.90 Å². The maximum atomic E-state index is 12.9. The van der Waals surface area contributed by atoms with Gasteiger partial charge < -0.3 is 15.0 Å². The van der Waals surface area contributed by atoms with Gasteiger partial charge >= 0.3 is 11.8 Å². The molecule has 1 aliphatic heterocycles. The monoisotopic (exact) mass is 374 g/mol. The molecule has 1 aliphatic rings. The zero-order valence-corrected chi connectivity index (χ0v) is 15.7. The molecule has 142 valence electrons. The van der Waals surface area contributed by atoms with E-state index in [0.717, 1.165) is 29.2 Å². The third-order valence-electron chi connectivity index (χ3n) is 5.22. The van der Waals surface area contributed by atoms with E-state index < -0.39 is 11.8 Å². The Morgan fingerprint density at radius 3 is 2.68 bits per heavy atom. The molecule has 2 amide bonds. The maximum absolute atomic E-state index is 12.9. The fourth-order valence-electron chi connectivity index (χ4n) is 3.89. The van der Waals surface area contributed by atoms with Gasteiger partial charge in [-0.2, -0.15) is 0 Å². The first-order chi connectivity index (χ1) is 13.7. The van der Waals surface area contributed by atoms with Crippen LogP contribution >= 0.6 is 0 Å². The van der Waals surface area contributed by atoms with E-state index >= 15 is 0 Å². The summed E-state index contributed by atoms with van der Waals surface area (Å²) in [6, 6.07) is 21.2. The van der Waals surface area contributed by atoms with Crippen LogP contribution in [-0.2, 0) is 9.59 Å². The molecule has 5 nitrogen and oxygen atoms in total. The molecule has 1 heterocycles. The molecular weight excluding hydrogens is 352 g/mol. The number of rotatable bonds is 3. The molecule has 0 saturated carbocycles. The van der Waals surface area contributed by atoms with Gasteiger partial charge in [0.05, 0.1) is 13.2 Å². The second-order valence-electron chi connectivity index (χ2n) is 6.91. The van der Waals surface area contributed by atoms with E-state index in [0.29, 0.717) is 18.0 Å². The van der Waals surface area contributed by atoms with Gasteiger partial charge in [-0.15, -0.1) is 0 Å². The zero-order valence-electron chi connectivity index (χ0n) is 15.7. The lowest BCUT2D eigenvalue weighted by Crippen LogP contribution is -2.39. The highest BCUT2D eigenvalue weighted by atomic mass is 16.5. The van der Waals surface area contributed by atoms with Crippen molar-refractivity contribution in [3.63, 3.8) is 0 Å². The Morgan fingerprint density at radius 1 is 1.04 bits per heavy atom. The van der Waals surface area contributed by atoms with Gasteiger partial charge in [0, 0.05) is 18.3 Å². The molecule has 0 unspecified atom stereocenters. The Hall–Kier alpha value is -3.34. The summed E-state index contributed by atoms with van der Waals surface area (Å²) in [5.74, 6) is -0.501. The smallest absolute Gasteiger partial charge is 0.313 e. The minimum Gasteiger partial charge on any atom is -0.497 e. The number of nitrogens with one attached hydrogen (secondary N) is 1. The van der Waals surface area contributed by atoms with Crippen molar-refractivity contribution in [1.29, 1.82) is 0 Å².